The maximum absolute atomic E-state index is 11.9. The molecule has 0 atom stereocenters. The second kappa shape index (κ2) is 6.21. The summed E-state index contributed by atoms with van der Waals surface area (Å²) in [5.74, 6) is 0. The second-order valence-corrected chi connectivity index (χ2v) is 5.86. The Kier molecular flexibility index (Phi) is 5.92. The van der Waals surface area contributed by atoms with E-state index in [2.05, 4.69) is 0 Å². The van der Waals surface area contributed by atoms with Gasteiger partial charge in [0.2, 0.25) is 0 Å². The first-order chi connectivity index (χ1) is 7.58. The number of nitrogens with zero attached hydrogens (tertiary/aromatic N) is 1. The molecule has 0 aliphatic heterocycles. The zero-order chi connectivity index (χ0) is 13.7. The normalized spacial score (nSPS) is 12.4. The van der Waals surface area contributed by atoms with Crippen LogP contribution >= 0.6 is 0 Å². The van der Waals surface area contributed by atoms with Crippen LogP contribution in [0, 0.1) is 0 Å². The highest BCUT2D eigenvalue weighted by Gasteiger charge is 2.31. The van der Waals surface area contributed by atoms with Crippen LogP contribution in [0.4, 0.5) is 4.79 Å². The van der Waals surface area contributed by atoms with Gasteiger partial charge in [0.1, 0.15) is 5.60 Å². The average molecular weight is 247 g/mol. The number of aliphatic hydroxyl groups is 1. The molecule has 0 aromatic carbocycles. The Balaban J connectivity index is 4.53. The molecular weight excluding hydrogens is 222 g/mol. The summed E-state index contributed by atoms with van der Waals surface area (Å²) in [5.41, 5.74) is -1.04. The molecule has 0 spiro atoms. The van der Waals surface area contributed by atoms with Crippen LogP contribution in [0.3, 0.4) is 0 Å². The number of carbonyl (C=O) groups excluding carboxylic acids is 1. The Morgan fingerprint density at radius 2 is 1.71 bits per heavy atom. The fourth-order valence-corrected chi connectivity index (χ4v) is 1.04. The molecule has 0 saturated heterocycles. The van der Waals surface area contributed by atoms with Gasteiger partial charge in [-0.3, -0.25) is 4.84 Å². The lowest BCUT2D eigenvalue weighted by atomic mass is 10.1. The summed E-state index contributed by atoms with van der Waals surface area (Å²) in [6, 6.07) is 0. The Labute approximate surface area is 104 Å². The number of amides is 1. The van der Waals surface area contributed by atoms with Gasteiger partial charge in [-0.1, -0.05) is 0 Å². The molecule has 0 radical (unpaired) electrons. The first-order valence-electron chi connectivity index (χ1n) is 5.85. The van der Waals surface area contributed by atoms with Gasteiger partial charge in [0.05, 0.1) is 12.1 Å². The van der Waals surface area contributed by atoms with E-state index in [1.165, 1.54) is 5.06 Å². The molecule has 5 heteroatoms. The number of hydrogen-bond donors (Lipinski definition) is 1. The summed E-state index contributed by atoms with van der Waals surface area (Å²) in [5, 5.41) is 9.91. The fraction of sp³-hybridized carbons (Fsp3) is 0.917. The minimum absolute atomic E-state index is 0.0340. The highest BCUT2D eigenvalue weighted by atomic mass is 16.7. The van der Waals surface area contributed by atoms with Crippen LogP contribution < -0.4 is 0 Å². The van der Waals surface area contributed by atoms with Crippen molar-refractivity contribution in [3.63, 3.8) is 0 Å². The van der Waals surface area contributed by atoms with Gasteiger partial charge in [0, 0.05) is 6.61 Å². The minimum atomic E-state index is -0.555. The van der Waals surface area contributed by atoms with Gasteiger partial charge in [-0.05, 0) is 48.0 Å². The Morgan fingerprint density at radius 3 is 2.06 bits per heavy atom. The van der Waals surface area contributed by atoms with Crippen molar-refractivity contribution < 1.29 is 19.5 Å². The van der Waals surface area contributed by atoms with E-state index >= 15 is 0 Å². The quantitative estimate of drug-likeness (QED) is 0.612. The van der Waals surface area contributed by atoms with Crippen LogP contribution in [0.5, 0.6) is 0 Å². The molecule has 5 nitrogen and oxygen atoms in total. The van der Waals surface area contributed by atoms with E-state index in [0.717, 1.165) is 0 Å². The highest BCUT2D eigenvalue weighted by molar-refractivity contribution is 5.67. The van der Waals surface area contributed by atoms with E-state index in [9.17, 15) is 4.79 Å². The summed E-state index contributed by atoms with van der Waals surface area (Å²) >= 11 is 0. The van der Waals surface area contributed by atoms with E-state index in [4.69, 9.17) is 14.7 Å². The minimum Gasteiger partial charge on any atom is -0.442 e. The smallest absolute Gasteiger partial charge is 0.434 e. The summed E-state index contributed by atoms with van der Waals surface area (Å²) in [7, 11) is 0. The van der Waals surface area contributed by atoms with Crippen molar-refractivity contribution in [2.24, 2.45) is 0 Å². The number of aliphatic hydroxyl groups excluding tert-OH is 1. The molecule has 0 bridgehead atoms. The largest absolute Gasteiger partial charge is 0.442 e. The SMILES string of the molecule is CC(C)(C)OC(=O)N(OCCCO)C(C)(C)C. The monoisotopic (exact) mass is 247 g/mol. The number of hydroxylamine groups is 2. The van der Waals surface area contributed by atoms with Crippen LogP contribution in [0.2, 0.25) is 0 Å². The molecule has 0 fully saturated rings. The highest BCUT2D eigenvalue weighted by Crippen LogP contribution is 2.18. The molecular formula is C12H25NO4. The van der Waals surface area contributed by atoms with Crippen LogP contribution in [0.25, 0.3) is 0 Å². The second-order valence-electron chi connectivity index (χ2n) is 5.86. The van der Waals surface area contributed by atoms with Crippen molar-refractivity contribution >= 4 is 6.09 Å². The lowest BCUT2D eigenvalue weighted by molar-refractivity contribution is -0.192. The third kappa shape index (κ3) is 7.18. The topological polar surface area (TPSA) is 59.0 Å². The number of ether oxygens (including phenoxy) is 1. The zero-order valence-electron chi connectivity index (χ0n) is 11.7. The van der Waals surface area contributed by atoms with Crippen molar-refractivity contribution in [2.75, 3.05) is 13.2 Å². The van der Waals surface area contributed by atoms with E-state index in [-0.39, 0.29) is 13.2 Å². The van der Waals surface area contributed by atoms with Crippen molar-refractivity contribution in [3.05, 3.63) is 0 Å². The molecule has 0 aromatic rings. The summed E-state index contributed by atoms with van der Waals surface area (Å²) in [6.45, 7) is 11.3. The maximum Gasteiger partial charge on any atom is 0.434 e. The third-order valence-corrected chi connectivity index (χ3v) is 1.69. The number of rotatable bonds is 4. The first kappa shape index (κ1) is 16.2. The molecule has 0 rings (SSSR count). The average Bonchev–Trinajstić information content (AvgIpc) is 2.06. The predicted molar refractivity (Wildman–Crippen MR) is 65.5 cm³/mol. The third-order valence-electron chi connectivity index (χ3n) is 1.69. The molecule has 0 aliphatic rings. The van der Waals surface area contributed by atoms with Crippen LogP contribution in [-0.4, -0.2) is 40.6 Å². The number of carbonyl (C=O) groups is 1. The van der Waals surface area contributed by atoms with E-state index in [1.54, 1.807) is 20.8 Å². The van der Waals surface area contributed by atoms with E-state index in [0.29, 0.717) is 6.42 Å². The molecule has 0 aromatic heterocycles. The molecule has 0 aliphatic carbocycles. The molecule has 0 saturated carbocycles. The summed E-state index contributed by atoms with van der Waals surface area (Å²) < 4.78 is 5.26. The van der Waals surface area contributed by atoms with Gasteiger partial charge >= 0.3 is 6.09 Å². The fourth-order valence-electron chi connectivity index (χ4n) is 1.04. The molecule has 102 valence electrons. The van der Waals surface area contributed by atoms with Gasteiger partial charge in [-0.25, -0.2) is 4.79 Å². The number of hydrogen-bond acceptors (Lipinski definition) is 4. The maximum atomic E-state index is 11.9. The van der Waals surface area contributed by atoms with Crippen LogP contribution in [-0.2, 0) is 9.57 Å². The molecule has 17 heavy (non-hydrogen) atoms. The summed E-state index contributed by atoms with van der Waals surface area (Å²) in [6.07, 6.45) is -0.0296. The van der Waals surface area contributed by atoms with Gasteiger partial charge in [-0.2, -0.15) is 5.06 Å². The van der Waals surface area contributed by atoms with Crippen molar-refractivity contribution in [3.8, 4) is 0 Å². The molecule has 1 amide bonds. The standard InChI is InChI=1S/C12H25NO4/c1-11(2,3)13(16-9-7-8-14)10(15)17-12(4,5)6/h14H,7-9H2,1-6H3. The van der Waals surface area contributed by atoms with Crippen molar-refractivity contribution in [2.45, 2.75) is 59.1 Å². The zero-order valence-corrected chi connectivity index (χ0v) is 11.7. The van der Waals surface area contributed by atoms with Crippen molar-refractivity contribution in [1.29, 1.82) is 0 Å². The lowest BCUT2D eigenvalue weighted by Crippen LogP contribution is -2.47. The molecule has 0 heterocycles. The Hall–Kier alpha value is -0.810. The van der Waals surface area contributed by atoms with Crippen LogP contribution in [0.1, 0.15) is 48.0 Å². The van der Waals surface area contributed by atoms with E-state index < -0.39 is 17.2 Å². The van der Waals surface area contributed by atoms with Crippen molar-refractivity contribution in [1.82, 2.24) is 5.06 Å². The summed E-state index contributed by atoms with van der Waals surface area (Å²) in [4.78, 5) is 17.3. The molecule has 1 N–H and O–H groups in total. The Morgan fingerprint density at radius 1 is 1.18 bits per heavy atom. The first-order valence-corrected chi connectivity index (χ1v) is 5.85. The Bertz CT molecular complexity index is 240. The van der Waals surface area contributed by atoms with Crippen LogP contribution in [0.15, 0.2) is 0 Å². The lowest BCUT2D eigenvalue weighted by Gasteiger charge is -2.35. The van der Waals surface area contributed by atoms with Gasteiger partial charge in [-0.15, -0.1) is 0 Å². The molecule has 0 unspecified atom stereocenters. The van der Waals surface area contributed by atoms with Gasteiger partial charge in [0.25, 0.3) is 0 Å². The van der Waals surface area contributed by atoms with E-state index in [1.807, 2.05) is 20.8 Å². The van der Waals surface area contributed by atoms with Gasteiger partial charge in [0.15, 0.2) is 0 Å². The van der Waals surface area contributed by atoms with Gasteiger partial charge < -0.3 is 9.84 Å². The predicted octanol–water partition coefficient (Wildman–Crippen LogP) is 2.34.